The summed E-state index contributed by atoms with van der Waals surface area (Å²) in [5.41, 5.74) is 5.56. The van der Waals surface area contributed by atoms with Crippen molar-refractivity contribution >= 4 is 16.8 Å². The summed E-state index contributed by atoms with van der Waals surface area (Å²) in [6, 6.07) is 11.3. The molecule has 1 aliphatic rings. The summed E-state index contributed by atoms with van der Waals surface area (Å²) in [5, 5.41) is 3.71. The molecule has 25 heavy (non-hydrogen) atoms. The Morgan fingerprint density at radius 2 is 2.04 bits per heavy atom. The molecular formula is C21H21FN2O. The number of carbonyl (C=O) groups is 1. The number of H-pyrrole nitrogens is 1. The number of nitrogens with one attached hydrogen (secondary N) is 2. The topological polar surface area (TPSA) is 44.9 Å². The van der Waals surface area contributed by atoms with E-state index < -0.39 is 5.82 Å². The van der Waals surface area contributed by atoms with E-state index in [1.165, 1.54) is 17.7 Å². The summed E-state index contributed by atoms with van der Waals surface area (Å²) >= 11 is 0. The molecule has 0 unspecified atom stereocenters. The number of benzene rings is 2. The van der Waals surface area contributed by atoms with Crippen LogP contribution in [-0.4, -0.2) is 17.4 Å². The Balaban J connectivity index is 1.93. The third-order valence-electron chi connectivity index (χ3n) is 4.73. The van der Waals surface area contributed by atoms with E-state index in [4.69, 9.17) is 0 Å². The van der Waals surface area contributed by atoms with Gasteiger partial charge in [-0.3, -0.25) is 4.79 Å². The number of rotatable bonds is 3. The van der Waals surface area contributed by atoms with Gasteiger partial charge in [0.25, 0.3) is 5.91 Å². The van der Waals surface area contributed by atoms with E-state index in [0.717, 1.165) is 35.0 Å². The zero-order valence-corrected chi connectivity index (χ0v) is 14.4. The fourth-order valence-corrected chi connectivity index (χ4v) is 3.76. The maximum atomic E-state index is 14.0. The van der Waals surface area contributed by atoms with Crippen molar-refractivity contribution in [3.05, 3.63) is 58.9 Å². The van der Waals surface area contributed by atoms with E-state index in [1.54, 1.807) is 0 Å². The zero-order valence-electron chi connectivity index (χ0n) is 14.4. The molecule has 128 valence electrons. The average Bonchev–Trinajstić information content (AvgIpc) is 2.83. The van der Waals surface area contributed by atoms with Gasteiger partial charge in [-0.1, -0.05) is 32.0 Å². The van der Waals surface area contributed by atoms with Crippen LogP contribution in [0.2, 0.25) is 0 Å². The van der Waals surface area contributed by atoms with Crippen molar-refractivity contribution in [3.8, 4) is 11.3 Å². The number of hydrogen-bond donors (Lipinski definition) is 2. The van der Waals surface area contributed by atoms with Crippen LogP contribution in [-0.2, 0) is 12.8 Å². The number of hydrogen-bond acceptors (Lipinski definition) is 1. The van der Waals surface area contributed by atoms with E-state index in [9.17, 15) is 9.18 Å². The summed E-state index contributed by atoms with van der Waals surface area (Å²) < 4.78 is 14.0. The van der Waals surface area contributed by atoms with Crippen LogP contribution < -0.4 is 5.32 Å². The van der Waals surface area contributed by atoms with Crippen molar-refractivity contribution in [2.45, 2.75) is 26.7 Å². The Labute approximate surface area is 146 Å². The molecule has 1 amide bonds. The van der Waals surface area contributed by atoms with Crippen LogP contribution in [0.25, 0.3) is 22.2 Å². The number of halogens is 1. The molecule has 0 saturated heterocycles. The fraction of sp³-hybridized carbons (Fsp3) is 0.286. The summed E-state index contributed by atoms with van der Waals surface area (Å²) in [6.45, 7) is 4.96. The van der Waals surface area contributed by atoms with Crippen LogP contribution in [0.5, 0.6) is 0 Å². The highest BCUT2D eigenvalue weighted by Gasteiger charge is 2.23. The normalized spacial score (nSPS) is 14.0. The number of carbonyl (C=O) groups excluding carboxylic acids is 1. The lowest BCUT2D eigenvalue weighted by Crippen LogP contribution is -2.23. The first kappa shape index (κ1) is 15.9. The third kappa shape index (κ3) is 2.82. The van der Waals surface area contributed by atoms with E-state index in [1.807, 2.05) is 0 Å². The summed E-state index contributed by atoms with van der Waals surface area (Å²) in [5.74, 6) is -0.0168. The van der Waals surface area contributed by atoms with Gasteiger partial charge in [-0.2, -0.15) is 0 Å². The van der Waals surface area contributed by atoms with Crippen LogP contribution in [0.3, 0.4) is 0 Å². The Bertz CT molecular complexity index is 971. The lowest BCUT2D eigenvalue weighted by Gasteiger charge is -2.08. The summed E-state index contributed by atoms with van der Waals surface area (Å²) in [7, 11) is 0. The maximum Gasteiger partial charge on any atom is 0.252 e. The van der Waals surface area contributed by atoms with Gasteiger partial charge in [0.1, 0.15) is 5.82 Å². The average molecular weight is 336 g/mol. The molecule has 0 bridgehead atoms. The molecule has 2 N–H and O–H groups in total. The molecule has 0 spiro atoms. The van der Waals surface area contributed by atoms with Crippen molar-refractivity contribution in [1.29, 1.82) is 0 Å². The van der Waals surface area contributed by atoms with Gasteiger partial charge in [-0.05, 0) is 53.6 Å². The van der Waals surface area contributed by atoms with Gasteiger partial charge in [0.05, 0.1) is 5.56 Å². The van der Waals surface area contributed by atoms with Gasteiger partial charge in [0.15, 0.2) is 0 Å². The van der Waals surface area contributed by atoms with E-state index >= 15 is 0 Å². The van der Waals surface area contributed by atoms with E-state index in [2.05, 4.69) is 48.4 Å². The van der Waals surface area contributed by atoms with Crippen LogP contribution in [0.15, 0.2) is 36.4 Å². The number of aromatic amines is 1. The van der Waals surface area contributed by atoms with Crippen LogP contribution in [0.1, 0.15) is 35.3 Å². The highest BCUT2D eigenvalue weighted by molar-refractivity contribution is 6.10. The Kier molecular flexibility index (Phi) is 3.83. The van der Waals surface area contributed by atoms with E-state index in [0.29, 0.717) is 23.5 Å². The first-order valence-electron chi connectivity index (χ1n) is 8.74. The van der Waals surface area contributed by atoms with Crippen LogP contribution >= 0.6 is 0 Å². The maximum absolute atomic E-state index is 14.0. The minimum Gasteiger partial charge on any atom is -0.354 e. The predicted molar refractivity (Wildman–Crippen MR) is 98.3 cm³/mol. The summed E-state index contributed by atoms with van der Waals surface area (Å²) in [4.78, 5) is 15.6. The van der Waals surface area contributed by atoms with Gasteiger partial charge in [-0.25, -0.2) is 4.39 Å². The molecule has 3 nitrogen and oxygen atoms in total. The molecule has 4 rings (SSSR count). The van der Waals surface area contributed by atoms with E-state index in [-0.39, 0.29) is 5.91 Å². The highest BCUT2D eigenvalue weighted by atomic mass is 19.1. The first-order valence-corrected chi connectivity index (χ1v) is 8.74. The quantitative estimate of drug-likeness (QED) is 0.729. The molecule has 0 saturated carbocycles. The molecular weight excluding hydrogens is 315 g/mol. The SMILES string of the molecule is CC(C)Cc1cccc(-c2[nH]c3cc(F)cc4c3c2CCNC4=O)c1. The summed E-state index contributed by atoms with van der Waals surface area (Å²) in [6.07, 6.45) is 1.75. The van der Waals surface area contributed by atoms with Crippen molar-refractivity contribution in [2.24, 2.45) is 5.92 Å². The van der Waals surface area contributed by atoms with Crippen molar-refractivity contribution in [1.82, 2.24) is 10.3 Å². The van der Waals surface area contributed by atoms with Gasteiger partial charge >= 0.3 is 0 Å². The second-order valence-corrected chi connectivity index (χ2v) is 7.16. The lowest BCUT2D eigenvalue weighted by atomic mass is 9.97. The molecule has 1 aromatic heterocycles. The third-order valence-corrected chi connectivity index (χ3v) is 4.73. The molecule has 1 aliphatic heterocycles. The standard InChI is InChI=1S/C21H21FN2O/c1-12(2)8-13-4-3-5-14(9-13)20-16-6-7-23-21(25)17-10-15(22)11-18(24-20)19(16)17/h3-5,9-12,24H,6-8H2,1-2H3,(H,23,25). The van der Waals surface area contributed by atoms with Crippen molar-refractivity contribution in [2.75, 3.05) is 6.54 Å². The van der Waals surface area contributed by atoms with Crippen LogP contribution in [0.4, 0.5) is 4.39 Å². The Morgan fingerprint density at radius 3 is 2.84 bits per heavy atom. The minimum atomic E-state index is -0.396. The van der Waals surface area contributed by atoms with Gasteiger partial charge in [-0.15, -0.1) is 0 Å². The zero-order chi connectivity index (χ0) is 17.6. The van der Waals surface area contributed by atoms with Gasteiger partial charge < -0.3 is 10.3 Å². The molecule has 2 aromatic carbocycles. The highest BCUT2D eigenvalue weighted by Crippen LogP contribution is 2.35. The Morgan fingerprint density at radius 1 is 1.20 bits per heavy atom. The molecule has 3 aromatic rings. The molecule has 0 fully saturated rings. The number of amides is 1. The monoisotopic (exact) mass is 336 g/mol. The fourth-order valence-electron chi connectivity index (χ4n) is 3.76. The number of aromatic nitrogens is 1. The molecule has 4 heteroatoms. The van der Waals surface area contributed by atoms with Gasteiger partial charge in [0, 0.05) is 23.1 Å². The second-order valence-electron chi connectivity index (χ2n) is 7.16. The first-order chi connectivity index (χ1) is 12.0. The Hall–Kier alpha value is -2.62. The largest absolute Gasteiger partial charge is 0.354 e. The lowest BCUT2D eigenvalue weighted by molar-refractivity contribution is 0.0957. The minimum absolute atomic E-state index is 0.206. The van der Waals surface area contributed by atoms with Gasteiger partial charge in [0.2, 0.25) is 0 Å². The predicted octanol–water partition coefficient (Wildman–Crippen LogP) is 4.46. The van der Waals surface area contributed by atoms with Crippen molar-refractivity contribution < 1.29 is 9.18 Å². The second kappa shape index (κ2) is 6.03. The van der Waals surface area contributed by atoms with Crippen LogP contribution in [0, 0.1) is 11.7 Å². The molecule has 0 radical (unpaired) electrons. The van der Waals surface area contributed by atoms with Crippen molar-refractivity contribution in [3.63, 3.8) is 0 Å². The molecule has 0 atom stereocenters. The molecule has 2 heterocycles. The smallest absolute Gasteiger partial charge is 0.252 e. The molecule has 0 aliphatic carbocycles.